The summed E-state index contributed by atoms with van der Waals surface area (Å²) in [6.45, 7) is 2.85. The molecule has 2 amide bonds. The van der Waals surface area contributed by atoms with Crippen molar-refractivity contribution in [2.24, 2.45) is 0 Å². The number of nitrogens with zero attached hydrogens (tertiary/aromatic N) is 3. The summed E-state index contributed by atoms with van der Waals surface area (Å²) < 4.78 is 5.37. The van der Waals surface area contributed by atoms with Crippen LogP contribution in [-0.2, 0) is 0 Å². The predicted octanol–water partition coefficient (Wildman–Crippen LogP) is 4.62. The van der Waals surface area contributed by atoms with Crippen LogP contribution in [0.3, 0.4) is 0 Å². The molecular formula is C23H24N4O2. The molecule has 1 saturated heterocycles. The molecule has 0 unspecified atom stereocenters. The summed E-state index contributed by atoms with van der Waals surface area (Å²) in [5.74, 6) is 0.817. The van der Waals surface area contributed by atoms with Gasteiger partial charge in [0.05, 0.1) is 31.4 Å². The summed E-state index contributed by atoms with van der Waals surface area (Å²) in [5.41, 5.74) is 4.10. The van der Waals surface area contributed by atoms with E-state index >= 15 is 0 Å². The van der Waals surface area contributed by atoms with Gasteiger partial charge in [0, 0.05) is 17.4 Å². The van der Waals surface area contributed by atoms with Crippen LogP contribution in [0.4, 0.5) is 10.5 Å². The van der Waals surface area contributed by atoms with Gasteiger partial charge in [0.25, 0.3) is 0 Å². The lowest BCUT2D eigenvalue weighted by Gasteiger charge is -2.30. The predicted molar refractivity (Wildman–Crippen MR) is 112 cm³/mol. The van der Waals surface area contributed by atoms with Crippen LogP contribution < -0.4 is 9.64 Å². The smallest absolute Gasteiger partial charge is 0.325 e. The summed E-state index contributed by atoms with van der Waals surface area (Å²) in [5, 5.41) is 6.84. The fourth-order valence-corrected chi connectivity index (χ4v) is 4.39. The van der Waals surface area contributed by atoms with E-state index in [0.29, 0.717) is 0 Å². The third kappa shape index (κ3) is 2.95. The average Bonchev–Trinajstić information content (AvgIpc) is 3.20. The summed E-state index contributed by atoms with van der Waals surface area (Å²) in [6, 6.07) is 16.2. The van der Waals surface area contributed by atoms with Crippen LogP contribution in [0.25, 0.3) is 11.1 Å². The number of carbonyl (C=O) groups is 1. The number of amides is 2. The number of rotatable bonds is 5. The molecule has 6 nitrogen and oxygen atoms in total. The van der Waals surface area contributed by atoms with Crippen LogP contribution in [-0.4, -0.2) is 40.3 Å². The van der Waals surface area contributed by atoms with Crippen molar-refractivity contribution in [1.82, 2.24) is 15.1 Å². The van der Waals surface area contributed by atoms with Crippen LogP contribution >= 0.6 is 0 Å². The number of H-pyrrole nitrogens is 1. The molecule has 1 spiro atoms. The van der Waals surface area contributed by atoms with Crippen LogP contribution in [0.15, 0.2) is 60.9 Å². The summed E-state index contributed by atoms with van der Waals surface area (Å²) in [7, 11) is 1.67. The Morgan fingerprint density at radius 3 is 2.59 bits per heavy atom. The minimum absolute atomic E-state index is 0.00435. The molecule has 1 aromatic heterocycles. The largest absolute Gasteiger partial charge is 0.497 e. The molecule has 148 valence electrons. The molecule has 1 aliphatic heterocycles. The van der Waals surface area contributed by atoms with Crippen LogP contribution in [0.5, 0.6) is 5.75 Å². The Balaban J connectivity index is 1.42. The molecule has 2 aliphatic rings. The first-order valence-corrected chi connectivity index (χ1v) is 9.95. The van der Waals surface area contributed by atoms with E-state index in [4.69, 9.17) is 4.74 Å². The molecule has 2 aromatic carbocycles. The van der Waals surface area contributed by atoms with Crippen molar-refractivity contribution < 1.29 is 9.53 Å². The SMILES string of the molecule is COc1cccc([C@H](C)N2C(=O)N(c3ccc(-c4cn[nH]c4)cc3)CC23CC3)c1. The molecule has 1 atom stereocenters. The van der Waals surface area contributed by atoms with Crippen molar-refractivity contribution in [2.45, 2.75) is 31.3 Å². The van der Waals surface area contributed by atoms with Gasteiger partial charge < -0.3 is 9.64 Å². The third-order valence-electron chi connectivity index (χ3n) is 6.20. The maximum atomic E-state index is 13.5. The number of carbonyl (C=O) groups excluding carboxylic acids is 1. The van der Waals surface area contributed by atoms with E-state index in [2.05, 4.69) is 28.1 Å². The Kier molecular flexibility index (Phi) is 4.08. The van der Waals surface area contributed by atoms with Gasteiger partial charge >= 0.3 is 6.03 Å². The molecular weight excluding hydrogens is 364 g/mol. The number of urea groups is 1. The Morgan fingerprint density at radius 1 is 1.14 bits per heavy atom. The Morgan fingerprint density at radius 2 is 1.93 bits per heavy atom. The van der Waals surface area contributed by atoms with Gasteiger partial charge in [-0.05, 0) is 55.2 Å². The number of benzene rings is 2. The Bertz CT molecular complexity index is 1030. The molecule has 1 saturated carbocycles. The van der Waals surface area contributed by atoms with Gasteiger partial charge in [-0.2, -0.15) is 5.10 Å². The lowest BCUT2D eigenvalue weighted by atomic mass is 10.0. The average molecular weight is 388 g/mol. The monoisotopic (exact) mass is 388 g/mol. The summed E-state index contributed by atoms with van der Waals surface area (Å²) in [4.78, 5) is 17.4. The quantitative estimate of drug-likeness (QED) is 0.694. The zero-order valence-corrected chi connectivity index (χ0v) is 16.6. The lowest BCUT2D eigenvalue weighted by molar-refractivity contribution is 0.175. The van der Waals surface area contributed by atoms with Gasteiger partial charge in [-0.1, -0.05) is 24.3 Å². The van der Waals surface area contributed by atoms with E-state index in [0.717, 1.165) is 47.5 Å². The van der Waals surface area contributed by atoms with Crippen molar-refractivity contribution in [3.05, 3.63) is 66.5 Å². The molecule has 2 heterocycles. The van der Waals surface area contributed by atoms with Crippen molar-refractivity contribution in [2.75, 3.05) is 18.6 Å². The van der Waals surface area contributed by atoms with Crippen molar-refractivity contribution in [3.63, 3.8) is 0 Å². The lowest BCUT2D eigenvalue weighted by Crippen LogP contribution is -2.38. The Hall–Kier alpha value is -3.28. The number of anilines is 1. The highest BCUT2D eigenvalue weighted by Crippen LogP contribution is 2.51. The zero-order chi connectivity index (χ0) is 20.0. The fraction of sp³-hybridized carbons (Fsp3) is 0.304. The number of methoxy groups -OCH3 is 1. The maximum absolute atomic E-state index is 13.5. The number of nitrogens with one attached hydrogen (secondary N) is 1. The second-order valence-corrected chi connectivity index (χ2v) is 7.95. The molecule has 1 N–H and O–H groups in total. The molecule has 3 aromatic rings. The topological polar surface area (TPSA) is 61.5 Å². The highest BCUT2D eigenvalue weighted by atomic mass is 16.5. The van der Waals surface area contributed by atoms with Gasteiger partial charge in [-0.15, -0.1) is 0 Å². The second kappa shape index (κ2) is 6.65. The van der Waals surface area contributed by atoms with Gasteiger partial charge in [0.15, 0.2) is 0 Å². The van der Waals surface area contributed by atoms with Gasteiger partial charge in [-0.3, -0.25) is 10.00 Å². The van der Waals surface area contributed by atoms with Crippen LogP contribution in [0.1, 0.15) is 31.4 Å². The molecule has 29 heavy (non-hydrogen) atoms. The number of aromatic nitrogens is 2. The van der Waals surface area contributed by atoms with E-state index in [1.54, 1.807) is 13.3 Å². The molecule has 5 rings (SSSR count). The highest BCUT2D eigenvalue weighted by Gasteiger charge is 2.59. The summed E-state index contributed by atoms with van der Waals surface area (Å²) in [6.07, 6.45) is 5.77. The minimum Gasteiger partial charge on any atom is -0.497 e. The molecule has 0 bridgehead atoms. The minimum atomic E-state index is -0.0528. The molecule has 6 heteroatoms. The van der Waals surface area contributed by atoms with Crippen LogP contribution in [0.2, 0.25) is 0 Å². The van der Waals surface area contributed by atoms with Crippen molar-refractivity contribution in [1.29, 1.82) is 0 Å². The van der Waals surface area contributed by atoms with E-state index in [1.165, 1.54) is 0 Å². The Labute approximate surface area is 170 Å². The number of hydrogen-bond acceptors (Lipinski definition) is 3. The first-order chi connectivity index (χ1) is 14.1. The molecule has 2 fully saturated rings. The normalized spacial score (nSPS) is 18.3. The van der Waals surface area contributed by atoms with Gasteiger partial charge in [-0.25, -0.2) is 4.79 Å². The van der Waals surface area contributed by atoms with Gasteiger partial charge in [0.2, 0.25) is 0 Å². The van der Waals surface area contributed by atoms with Gasteiger partial charge in [0.1, 0.15) is 5.75 Å². The molecule has 0 radical (unpaired) electrons. The third-order valence-corrected chi connectivity index (χ3v) is 6.20. The van der Waals surface area contributed by atoms with E-state index in [1.807, 2.05) is 53.6 Å². The standard InChI is InChI=1S/C23H24N4O2/c1-16(18-4-3-5-21(12-18)29-2)27-22(28)26(15-23(27)10-11-23)20-8-6-17(7-9-20)19-13-24-25-14-19/h3-9,12-14,16H,10-11,15H2,1-2H3,(H,24,25)/t16-/m0/s1. The second-order valence-electron chi connectivity index (χ2n) is 7.95. The number of aromatic amines is 1. The number of hydrogen-bond donors (Lipinski definition) is 1. The van der Waals surface area contributed by atoms with E-state index in [-0.39, 0.29) is 17.6 Å². The van der Waals surface area contributed by atoms with E-state index in [9.17, 15) is 4.79 Å². The zero-order valence-electron chi connectivity index (χ0n) is 16.6. The first kappa shape index (κ1) is 17.8. The molecule has 1 aliphatic carbocycles. The summed E-state index contributed by atoms with van der Waals surface area (Å²) >= 11 is 0. The number of ether oxygens (including phenoxy) is 1. The van der Waals surface area contributed by atoms with Crippen molar-refractivity contribution in [3.8, 4) is 16.9 Å². The highest BCUT2D eigenvalue weighted by molar-refractivity contribution is 5.96. The van der Waals surface area contributed by atoms with E-state index < -0.39 is 0 Å². The fourth-order valence-electron chi connectivity index (χ4n) is 4.39. The van der Waals surface area contributed by atoms with Crippen molar-refractivity contribution >= 4 is 11.7 Å². The first-order valence-electron chi connectivity index (χ1n) is 9.95. The maximum Gasteiger partial charge on any atom is 0.325 e. The van der Waals surface area contributed by atoms with Crippen LogP contribution in [0, 0.1) is 0 Å².